The number of hydrogen-bond acceptors (Lipinski definition) is 3. The summed E-state index contributed by atoms with van der Waals surface area (Å²) < 4.78 is 31.5. The smallest absolute Gasteiger partial charge is 0.132 e. The molecule has 0 unspecified atom stereocenters. The van der Waals surface area contributed by atoms with Gasteiger partial charge in [-0.25, -0.2) is 13.8 Å². The lowest BCUT2D eigenvalue weighted by molar-refractivity contribution is 0.298. The molecule has 2 rings (SSSR count). The summed E-state index contributed by atoms with van der Waals surface area (Å²) >= 11 is 6.04. The summed E-state index contributed by atoms with van der Waals surface area (Å²) in [5.74, 6) is -0.604. The number of aromatic nitrogens is 1. The summed E-state index contributed by atoms with van der Waals surface area (Å²) in [4.78, 5) is 4.31. The van der Waals surface area contributed by atoms with Gasteiger partial charge in [0, 0.05) is 24.7 Å². The first-order chi connectivity index (χ1) is 10.1. The number of ether oxygens (including phenoxy) is 1. The van der Waals surface area contributed by atoms with Gasteiger partial charge in [0.15, 0.2) is 0 Å². The maximum Gasteiger partial charge on any atom is 0.132 e. The number of anilines is 1. The van der Waals surface area contributed by atoms with Gasteiger partial charge in [-0.3, -0.25) is 0 Å². The van der Waals surface area contributed by atoms with E-state index < -0.39 is 11.6 Å². The van der Waals surface area contributed by atoms with Crippen LogP contribution in [0.2, 0.25) is 5.02 Å². The van der Waals surface area contributed by atoms with Crippen molar-refractivity contribution < 1.29 is 13.5 Å². The van der Waals surface area contributed by atoms with Crippen LogP contribution in [0.1, 0.15) is 19.0 Å². The Kier molecular flexibility index (Phi) is 5.33. The average molecular weight is 313 g/mol. The SMILES string of the molecule is CCCNc1ccc(Cl)c(COc2cc(F)cc(F)c2)n1. The zero-order valence-electron chi connectivity index (χ0n) is 11.5. The molecule has 3 nitrogen and oxygen atoms in total. The minimum atomic E-state index is -0.692. The minimum absolute atomic E-state index is 0.0311. The van der Waals surface area contributed by atoms with Gasteiger partial charge in [0.25, 0.3) is 0 Å². The molecule has 0 spiro atoms. The normalized spacial score (nSPS) is 10.5. The third-order valence-corrected chi connectivity index (χ3v) is 3.03. The van der Waals surface area contributed by atoms with Crippen molar-refractivity contribution in [3.63, 3.8) is 0 Å². The summed E-state index contributed by atoms with van der Waals surface area (Å²) in [6.07, 6.45) is 0.971. The Labute approximate surface area is 126 Å². The number of benzene rings is 1. The fourth-order valence-corrected chi connectivity index (χ4v) is 1.86. The summed E-state index contributed by atoms with van der Waals surface area (Å²) in [6, 6.07) is 6.47. The number of halogens is 3. The molecular weight excluding hydrogens is 298 g/mol. The molecule has 112 valence electrons. The zero-order chi connectivity index (χ0) is 15.2. The first-order valence-electron chi connectivity index (χ1n) is 6.56. The van der Waals surface area contributed by atoms with Gasteiger partial charge in [0.1, 0.15) is 29.8 Å². The van der Waals surface area contributed by atoms with Crippen molar-refractivity contribution in [2.45, 2.75) is 20.0 Å². The number of rotatable bonds is 6. The lowest BCUT2D eigenvalue weighted by Gasteiger charge is -2.10. The second-order valence-electron chi connectivity index (χ2n) is 4.45. The molecule has 0 saturated heterocycles. The second-order valence-corrected chi connectivity index (χ2v) is 4.85. The molecule has 1 aromatic carbocycles. The highest BCUT2D eigenvalue weighted by atomic mass is 35.5. The van der Waals surface area contributed by atoms with E-state index in [9.17, 15) is 8.78 Å². The first kappa shape index (κ1) is 15.5. The van der Waals surface area contributed by atoms with Gasteiger partial charge in [0.2, 0.25) is 0 Å². The van der Waals surface area contributed by atoms with Crippen molar-refractivity contribution in [3.05, 3.63) is 52.7 Å². The van der Waals surface area contributed by atoms with E-state index >= 15 is 0 Å². The van der Waals surface area contributed by atoms with Crippen LogP contribution in [0.15, 0.2) is 30.3 Å². The fraction of sp³-hybridized carbons (Fsp3) is 0.267. The third kappa shape index (κ3) is 4.56. The first-order valence-corrected chi connectivity index (χ1v) is 6.94. The molecule has 6 heteroatoms. The molecule has 21 heavy (non-hydrogen) atoms. The number of hydrogen-bond donors (Lipinski definition) is 1. The van der Waals surface area contributed by atoms with Crippen molar-refractivity contribution in [2.24, 2.45) is 0 Å². The highest BCUT2D eigenvalue weighted by molar-refractivity contribution is 6.31. The molecule has 0 bridgehead atoms. The van der Waals surface area contributed by atoms with E-state index in [4.69, 9.17) is 16.3 Å². The van der Waals surface area contributed by atoms with Crippen molar-refractivity contribution in [3.8, 4) is 5.75 Å². The molecule has 0 aliphatic rings. The van der Waals surface area contributed by atoms with Crippen LogP contribution in [0.3, 0.4) is 0 Å². The third-order valence-electron chi connectivity index (χ3n) is 2.69. The topological polar surface area (TPSA) is 34.1 Å². The molecular formula is C15H15ClF2N2O. The van der Waals surface area contributed by atoms with Gasteiger partial charge in [-0.2, -0.15) is 0 Å². The van der Waals surface area contributed by atoms with Crippen LogP contribution in [0.4, 0.5) is 14.6 Å². The standard InChI is InChI=1S/C15H15ClF2N2O/c1-2-5-19-15-4-3-13(16)14(20-15)9-21-12-7-10(17)6-11(18)8-12/h3-4,6-8H,2,5,9H2,1H3,(H,19,20). The van der Waals surface area contributed by atoms with E-state index in [-0.39, 0.29) is 12.4 Å². The van der Waals surface area contributed by atoms with Crippen molar-refractivity contribution in [1.29, 1.82) is 0 Å². The monoisotopic (exact) mass is 312 g/mol. The van der Waals surface area contributed by atoms with Gasteiger partial charge in [0.05, 0.1) is 10.7 Å². The van der Waals surface area contributed by atoms with E-state index in [0.29, 0.717) is 16.5 Å². The van der Waals surface area contributed by atoms with E-state index in [1.807, 2.05) is 6.92 Å². The van der Waals surface area contributed by atoms with Gasteiger partial charge >= 0.3 is 0 Å². The average Bonchev–Trinajstić information content (AvgIpc) is 2.44. The second kappa shape index (κ2) is 7.22. The summed E-state index contributed by atoms with van der Waals surface area (Å²) in [5, 5.41) is 3.57. The molecule has 1 heterocycles. The van der Waals surface area contributed by atoms with Crippen LogP contribution < -0.4 is 10.1 Å². The van der Waals surface area contributed by atoms with E-state index in [2.05, 4.69) is 10.3 Å². The van der Waals surface area contributed by atoms with E-state index in [1.54, 1.807) is 12.1 Å². The zero-order valence-corrected chi connectivity index (χ0v) is 12.3. The molecule has 0 aliphatic heterocycles. The van der Waals surface area contributed by atoms with Crippen molar-refractivity contribution in [1.82, 2.24) is 4.98 Å². The van der Waals surface area contributed by atoms with Gasteiger partial charge in [-0.1, -0.05) is 18.5 Å². The summed E-state index contributed by atoms with van der Waals surface area (Å²) in [5.41, 5.74) is 0.502. The molecule has 0 aliphatic carbocycles. The number of nitrogens with zero attached hydrogens (tertiary/aromatic N) is 1. The van der Waals surface area contributed by atoms with Crippen LogP contribution in [0, 0.1) is 11.6 Å². The molecule has 0 fully saturated rings. The van der Waals surface area contributed by atoms with Crippen molar-refractivity contribution in [2.75, 3.05) is 11.9 Å². The quantitative estimate of drug-likeness (QED) is 0.857. The maximum atomic E-state index is 13.1. The maximum absolute atomic E-state index is 13.1. The molecule has 0 radical (unpaired) electrons. The lowest BCUT2D eigenvalue weighted by atomic mass is 10.3. The minimum Gasteiger partial charge on any atom is -0.487 e. The molecule has 0 saturated carbocycles. The van der Waals surface area contributed by atoms with Gasteiger partial charge in [-0.15, -0.1) is 0 Å². The molecule has 0 amide bonds. The fourth-order valence-electron chi connectivity index (χ4n) is 1.70. The van der Waals surface area contributed by atoms with E-state index in [1.165, 1.54) is 0 Å². The van der Waals surface area contributed by atoms with Crippen LogP contribution >= 0.6 is 11.6 Å². The van der Waals surface area contributed by atoms with Gasteiger partial charge < -0.3 is 10.1 Å². The largest absolute Gasteiger partial charge is 0.487 e. The number of nitrogens with one attached hydrogen (secondary N) is 1. The Morgan fingerprint density at radius 1 is 1.19 bits per heavy atom. The van der Waals surface area contributed by atoms with E-state index in [0.717, 1.165) is 31.2 Å². The predicted octanol–water partition coefficient (Wildman–Crippen LogP) is 4.41. The lowest BCUT2D eigenvalue weighted by Crippen LogP contribution is -2.05. The predicted molar refractivity (Wildman–Crippen MR) is 78.7 cm³/mol. The summed E-state index contributed by atoms with van der Waals surface area (Å²) in [7, 11) is 0. The Morgan fingerprint density at radius 2 is 1.90 bits per heavy atom. The van der Waals surface area contributed by atoms with Gasteiger partial charge in [-0.05, 0) is 18.6 Å². The molecule has 2 aromatic rings. The van der Waals surface area contributed by atoms with Crippen molar-refractivity contribution >= 4 is 17.4 Å². The molecule has 1 aromatic heterocycles. The number of pyridine rings is 1. The highest BCUT2D eigenvalue weighted by Crippen LogP contribution is 2.21. The van der Waals surface area contributed by atoms with Crippen LogP contribution in [-0.4, -0.2) is 11.5 Å². The van der Waals surface area contributed by atoms with Crippen LogP contribution in [0.25, 0.3) is 0 Å². The Hall–Kier alpha value is -1.88. The van der Waals surface area contributed by atoms with Crippen LogP contribution in [0.5, 0.6) is 5.75 Å². The summed E-state index contributed by atoms with van der Waals surface area (Å²) in [6.45, 7) is 2.87. The highest BCUT2D eigenvalue weighted by Gasteiger charge is 2.07. The molecule has 1 N–H and O–H groups in total. The molecule has 0 atom stereocenters. The Bertz CT molecular complexity index is 602. The Balaban J connectivity index is 2.08. The van der Waals surface area contributed by atoms with Crippen LogP contribution in [-0.2, 0) is 6.61 Å². The Morgan fingerprint density at radius 3 is 2.57 bits per heavy atom.